The van der Waals surface area contributed by atoms with Gasteiger partial charge in [0.25, 0.3) is 5.91 Å². The van der Waals surface area contributed by atoms with Gasteiger partial charge in [-0.25, -0.2) is 5.84 Å². The molecule has 252 valence electrons. The summed E-state index contributed by atoms with van der Waals surface area (Å²) in [7, 11) is 3.75. The van der Waals surface area contributed by atoms with Crippen LogP contribution in [0.4, 0.5) is 17.6 Å². The number of hydrogen-bond donors (Lipinski definition) is 3. The van der Waals surface area contributed by atoms with Crippen LogP contribution in [0.1, 0.15) is 58.2 Å². The van der Waals surface area contributed by atoms with Crippen LogP contribution < -0.4 is 16.9 Å². The quantitative estimate of drug-likeness (QED) is 0.0647. The molecule has 45 heavy (non-hydrogen) atoms. The highest BCUT2D eigenvalue weighted by Crippen LogP contribution is 2.23. The number of likely N-dealkylation sites (N-methyl/N-ethyl adjacent to an activating group) is 2. The Morgan fingerprint density at radius 1 is 1.20 bits per heavy atom. The number of carbonyl (C=O) groups excluding carboxylic acids is 1. The van der Waals surface area contributed by atoms with E-state index in [2.05, 4.69) is 21.9 Å². The zero-order chi connectivity index (χ0) is 34.3. The summed E-state index contributed by atoms with van der Waals surface area (Å²) in [4.78, 5) is 17.6. The van der Waals surface area contributed by atoms with Crippen molar-refractivity contribution in [1.82, 2.24) is 29.9 Å². The number of allylic oxidation sites excluding steroid dienone is 5. The van der Waals surface area contributed by atoms with Crippen LogP contribution in [0.2, 0.25) is 0 Å². The minimum Gasteiger partial charge on any atom is -0.397 e. The summed E-state index contributed by atoms with van der Waals surface area (Å²) in [5.41, 5.74) is 9.98. The number of carbonyl (C=O) groups is 1. The van der Waals surface area contributed by atoms with Crippen molar-refractivity contribution in [3.05, 3.63) is 82.8 Å². The first-order valence-electron chi connectivity index (χ1n) is 14.9. The normalized spacial score (nSPS) is 13.8. The number of nitrogens with zero attached hydrogens (tertiary/aromatic N) is 5. The van der Waals surface area contributed by atoms with Crippen LogP contribution in [0, 0.1) is 6.92 Å². The second kappa shape index (κ2) is 18.8. The zero-order valence-electron chi connectivity index (χ0n) is 27.6. The van der Waals surface area contributed by atoms with Crippen LogP contribution in [0.3, 0.4) is 0 Å². The summed E-state index contributed by atoms with van der Waals surface area (Å²) in [6, 6.07) is 0. The number of nitrogens with two attached hydrogens (primary N) is 2. The smallest absolute Gasteiger partial charge is 0.389 e. The molecule has 0 unspecified atom stereocenters. The van der Waals surface area contributed by atoms with Crippen molar-refractivity contribution in [2.75, 3.05) is 39.9 Å². The van der Waals surface area contributed by atoms with Gasteiger partial charge in [-0.1, -0.05) is 25.7 Å². The number of hydrazine groups is 1. The van der Waals surface area contributed by atoms with Crippen molar-refractivity contribution in [2.24, 2.45) is 18.6 Å². The third-order valence-corrected chi connectivity index (χ3v) is 7.21. The highest BCUT2D eigenvalue weighted by molar-refractivity contribution is 5.97. The molecule has 0 aromatic carbocycles. The molecule has 0 atom stereocenters. The Hall–Kier alpha value is -3.84. The second-order valence-corrected chi connectivity index (χ2v) is 10.6. The number of aryl methyl sites for hydroxylation is 1. The highest BCUT2D eigenvalue weighted by Gasteiger charge is 2.26. The van der Waals surface area contributed by atoms with Gasteiger partial charge in [0, 0.05) is 73.9 Å². The first kappa shape index (κ1) is 39.2. The third kappa shape index (κ3) is 13.4. The van der Waals surface area contributed by atoms with Gasteiger partial charge >= 0.3 is 6.18 Å². The summed E-state index contributed by atoms with van der Waals surface area (Å²) in [6.45, 7) is 15.1. The second-order valence-electron chi connectivity index (χ2n) is 10.6. The van der Waals surface area contributed by atoms with Crippen LogP contribution in [-0.4, -0.2) is 76.6 Å². The molecule has 13 heteroatoms. The number of aromatic nitrogens is 2. The maximum Gasteiger partial charge on any atom is 0.389 e. The van der Waals surface area contributed by atoms with Gasteiger partial charge in [-0.2, -0.15) is 18.3 Å². The van der Waals surface area contributed by atoms with E-state index in [0.717, 1.165) is 12.2 Å². The maximum absolute atomic E-state index is 13.6. The average molecular weight is 639 g/mol. The van der Waals surface area contributed by atoms with Crippen LogP contribution in [-0.2, 0) is 11.8 Å². The Kier molecular flexibility index (Phi) is 16.4. The van der Waals surface area contributed by atoms with Crippen LogP contribution in [0.15, 0.2) is 71.5 Å². The largest absolute Gasteiger partial charge is 0.397 e. The Balaban J connectivity index is 3.46. The van der Waals surface area contributed by atoms with E-state index in [1.807, 2.05) is 32.7 Å². The number of rotatable bonds is 18. The van der Waals surface area contributed by atoms with Gasteiger partial charge in [-0.15, -0.1) is 0 Å². The summed E-state index contributed by atoms with van der Waals surface area (Å²) in [5.74, 6) is 5.68. The van der Waals surface area contributed by atoms with Gasteiger partial charge in [0.1, 0.15) is 0 Å². The topological polar surface area (TPSA) is 109 Å². The first-order chi connectivity index (χ1) is 21.1. The Morgan fingerprint density at radius 2 is 1.87 bits per heavy atom. The molecule has 1 aromatic heterocycles. The number of halogens is 4. The molecule has 1 rings (SSSR count). The van der Waals surface area contributed by atoms with Gasteiger partial charge in [0.2, 0.25) is 0 Å². The number of nitrogens with one attached hydrogen (secondary N) is 1. The summed E-state index contributed by atoms with van der Waals surface area (Å²) >= 11 is 0. The summed E-state index contributed by atoms with van der Waals surface area (Å²) < 4.78 is 54.3. The van der Waals surface area contributed by atoms with Crippen molar-refractivity contribution in [2.45, 2.75) is 60.1 Å². The molecule has 0 aliphatic carbocycles. The van der Waals surface area contributed by atoms with E-state index in [4.69, 9.17) is 11.6 Å². The summed E-state index contributed by atoms with van der Waals surface area (Å²) in [6.07, 6.45) is 3.13. The Morgan fingerprint density at radius 3 is 2.36 bits per heavy atom. The van der Waals surface area contributed by atoms with E-state index >= 15 is 0 Å². The lowest BCUT2D eigenvalue weighted by atomic mass is 10.1. The molecule has 0 aliphatic heterocycles. The molecular weight excluding hydrogens is 588 g/mol. The molecule has 0 spiro atoms. The molecule has 0 saturated carbocycles. The standard InChI is InChI=1S/C32H50F4N8O/c1-9-26(20-30(23(4)5)44(38)22-29(37)28-21-39-42(8)24(28)6)40-31(45)25(13-12-15-32(34,35)36)19-27(14-16-33)43(11-3)18-17-41(7)10-2/h9,13,19-22H,4,10-12,14-18,37-38H2,1-3,5-8H3,(H,40,45)/b25-13+,26-9?,27-19+,29-22-,30-20+. The lowest BCUT2D eigenvalue weighted by molar-refractivity contribution is -0.133. The van der Waals surface area contributed by atoms with Crippen molar-refractivity contribution in [3.8, 4) is 0 Å². The zero-order valence-corrected chi connectivity index (χ0v) is 27.6. The van der Waals surface area contributed by atoms with Crippen LogP contribution in [0.5, 0.6) is 0 Å². The third-order valence-electron chi connectivity index (χ3n) is 7.21. The van der Waals surface area contributed by atoms with Crippen molar-refractivity contribution >= 4 is 11.6 Å². The predicted molar refractivity (Wildman–Crippen MR) is 173 cm³/mol. The monoisotopic (exact) mass is 638 g/mol. The van der Waals surface area contributed by atoms with Crippen molar-refractivity contribution in [3.63, 3.8) is 0 Å². The molecule has 0 fully saturated rings. The minimum absolute atomic E-state index is 0.00424. The lowest BCUT2D eigenvalue weighted by Gasteiger charge is -2.28. The van der Waals surface area contributed by atoms with Crippen molar-refractivity contribution in [1.29, 1.82) is 0 Å². The Bertz CT molecular complexity index is 1290. The fourth-order valence-electron chi connectivity index (χ4n) is 4.19. The van der Waals surface area contributed by atoms with Gasteiger partial charge in [-0.05, 0) is 65.4 Å². The van der Waals surface area contributed by atoms with E-state index in [9.17, 15) is 22.4 Å². The SMILES string of the molecule is C=C(C)/C(=C\C(=CC)NC(=O)C(=C/CCC(F)(F)F)/C=C(\CCF)N(CC)CCN(C)CC)N(N)/C=C(\N)c1cnn(C)c1C. The number of amides is 1. The molecule has 1 heterocycles. The average Bonchev–Trinajstić information content (AvgIpc) is 3.31. The molecule has 0 saturated heterocycles. The minimum atomic E-state index is -4.40. The van der Waals surface area contributed by atoms with Gasteiger partial charge < -0.3 is 20.9 Å². The van der Waals surface area contributed by atoms with Crippen molar-refractivity contribution < 1.29 is 22.4 Å². The van der Waals surface area contributed by atoms with E-state index in [1.54, 1.807) is 43.9 Å². The molecule has 1 aromatic rings. The van der Waals surface area contributed by atoms with Gasteiger partial charge in [0.05, 0.1) is 24.3 Å². The maximum atomic E-state index is 13.6. The fourth-order valence-corrected chi connectivity index (χ4v) is 4.19. The number of hydrogen-bond acceptors (Lipinski definition) is 7. The molecule has 0 radical (unpaired) electrons. The van der Waals surface area contributed by atoms with Gasteiger partial charge in [0.15, 0.2) is 0 Å². The lowest BCUT2D eigenvalue weighted by Crippen LogP contribution is -2.33. The van der Waals surface area contributed by atoms with Crippen LogP contribution >= 0.6 is 0 Å². The number of alkyl halides is 4. The van der Waals surface area contributed by atoms with E-state index in [1.165, 1.54) is 23.4 Å². The fraction of sp³-hybridized carbons (Fsp3) is 0.500. The molecule has 0 aliphatic rings. The molecule has 0 bridgehead atoms. The molecular formula is C32H50F4N8O. The first-order valence-corrected chi connectivity index (χ1v) is 14.9. The van der Waals surface area contributed by atoms with Gasteiger partial charge in [-0.3, -0.25) is 18.9 Å². The van der Waals surface area contributed by atoms with E-state index in [0.29, 0.717) is 53.6 Å². The predicted octanol–water partition coefficient (Wildman–Crippen LogP) is 5.43. The molecule has 1 amide bonds. The molecule has 5 N–H and O–H groups in total. The molecule has 9 nitrogen and oxygen atoms in total. The highest BCUT2D eigenvalue weighted by atomic mass is 19.4. The van der Waals surface area contributed by atoms with E-state index in [-0.39, 0.29) is 12.0 Å². The van der Waals surface area contributed by atoms with E-state index < -0.39 is 31.6 Å². The summed E-state index contributed by atoms with van der Waals surface area (Å²) in [5, 5.41) is 8.22. The van der Waals surface area contributed by atoms with Crippen LogP contribution in [0.25, 0.3) is 5.70 Å². The Labute approximate surface area is 265 Å².